The molecule has 1 saturated carbocycles. The van der Waals surface area contributed by atoms with Crippen LogP contribution in [0.5, 0.6) is 0 Å². The number of nitrogens with one attached hydrogen (secondary N) is 2. The van der Waals surface area contributed by atoms with Crippen LogP contribution in [0.3, 0.4) is 0 Å². The Morgan fingerprint density at radius 1 is 1.36 bits per heavy atom. The van der Waals surface area contributed by atoms with Crippen molar-refractivity contribution >= 4 is 33.3 Å². The monoisotopic (exact) mass is 311 g/mol. The highest BCUT2D eigenvalue weighted by molar-refractivity contribution is 7.14. The second-order valence-corrected chi connectivity index (χ2v) is 6.68. The van der Waals surface area contributed by atoms with E-state index in [1.807, 2.05) is 17.5 Å². The minimum atomic E-state index is 0.114. The van der Waals surface area contributed by atoms with Crippen molar-refractivity contribution in [1.29, 1.82) is 0 Å². The molecule has 1 amide bonds. The largest absolute Gasteiger partial charge is 0.358 e. The summed E-state index contributed by atoms with van der Waals surface area (Å²) >= 11 is 1.49. The number of carbonyl (C=O) groups is 1. The Kier molecular flexibility index (Phi) is 3.22. The average molecular weight is 311 g/mol. The first-order valence-electron chi connectivity index (χ1n) is 7.56. The minimum absolute atomic E-state index is 0.114. The van der Waals surface area contributed by atoms with Crippen molar-refractivity contribution in [1.82, 2.24) is 9.97 Å². The smallest absolute Gasteiger partial charge is 0.229 e. The van der Waals surface area contributed by atoms with Gasteiger partial charge in [0, 0.05) is 33.5 Å². The summed E-state index contributed by atoms with van der Waals surface area (Å²) in [6, 6.07) is 8.22. The third-order valence-corrected chi connectivity index (χ3v) is 5.12. The third kappa shape index (κ3) is 2.22. The van der Waals surface area contributed by atoms with E-state index >= 15 is 0 Å². The zero-order chi connectivity index (χ0) is 15.1. The first-order valence-corrected chi connectivity index (χ1v) is 8.44. The molecule has 0 atom stereocenters. The Morgan fingerprint density at radius 3 is 2.95 bits per heavy atom. The lowest BCUT2D eigenvalue weighted by atomic mass is 9.85. The summed E-state index contributed by atoms with van der Waals surface area (Å²) in [6.45, 7) is 2.06. The highest BCUT2D eigenvalue weighted by Gasteiger charge is 2.26. The number of H-pyrrole nitrogens is 1. The van der Waals surface area contributed by atoms with E-state index in [2.05, 4.69) is 34.3 Å². The number of carbonyl (C=O) groups excluding carboxylic acids is 1. The SMILES string of the molecule is Cc1[nH]c2ccccc2c1-c1csc(NC(=O)C2CCC2)n1. The van der Waals surface area contributed by atoms with Crippen LogP contribution in [0.25, 0.3) is 22.2 Å². The van der Waals surface area contributed by atoms with Crippen molar-refractivity contribution in [3.63, 3.8) is 0 Å². The molecular formula is C17H17N3OS. The van der Waals surface area contributed by atoms with Gasteiger partial charge in [-0.2, -0.15) is 0 Å². The van der Waals surface area contributed by atoms with Gasteiger partial charge >= 0.3 is 0 Å². The standard InChI is InChI=1S/C17H17N3OS/c1-10-15(12-7-2-3-8-13(12)18-10)14-9-22-17(19-14)20-16(21)11-5-4-6-11/h2-3,7-9,11,18H,4-6H2,1H3,(H,19,20,21). The average Bonchev–Trinajstić information content (AvgIpc) is 2.99. The molecule has 0 spiro atoms. The van der Waals surface area contributed by atoms with E-state index < -0.39 is 0 Å². The second kappa shape index (κ2) is 5.25. The maximum Gasteiger partial charge on any atom is 0.229 e. The van der Waals surface area contributed by atoms with Crippen LogP contribution in [0.1, 0.15) is 25.0 Å². The quantitative estimate of drug-likeness (QED) is 0.756. The predicted octanol–water partition coefficient (Wildman–Crippen LogP) is 4.34. The lowest BCUT2D eigenvalue weighted by molar-refractivity contribution is -0.122. The molecule has 0 saturated heterocycles. The van der Waals surface area contributed by atoms with Crippen molar-refractivity contribution in [2.45, 2.75) is 26.2 Å². The van der Waals surface area contributed by atoms with Gasteiger partial charge < -0.3 is 10.3 Å². The summed E-state index contributed by atoms with van der Waals surface area (Å²) in [5, 5.41) is 6.82. The normalized spacial score (nSPS) is 15.0. The zero-order valence-electron chi connectivity index (χ0n) is 12.3. The first kappa shape index (κ1) is 13.5. The fraction of sp³-hybridized carbons (Fsp3) is 0.294. The molecule has 2 aromatic heterocycles. The molecule has 112 valence electrons. The third-order valence-electron chi connectivity index (χ3n) is 4.36. The van der Waals surface area contributed by atoms with Crippen LogP contribution in [-0.2, 0) is 4.79 Å². The summed E-state index contributed by atoms with van der Waals surface area (Å²) < 4.78 is 0. The number of rotatable bonds is 3. The van der Waals surface area contributed by atoms with Crippen LogP contribution in [0.4, 0.5) is 5.13 Å². The molecule has 0 bridgehead atoms. The molecule has 22 heavy (non-hydrogen) atoms. The lowest BCUT2D eigenvalue weighted by Gasteiger charge is -2.23. The Bertz CT molecular complexity index is 845. The summed E-state index contributed by atoms with van der Waals surface area (Å²) in [4.78, 5) is 20.0. The highest BCUT2D eigenvalue weighted by Crippen LogP contribution is 2.34. The number of fused-ring (bicyclic) bond motifs is 1. The van der Waals surface area contributed by atoms with Crippen LogP contribution >= 0.6 is 11.3 Å². The first-order chi connectivity index (χ1) is 10.7. The van der Waals surface area contributed by atoms with E-state index in [9.17, 15) is 4.79 Å². The van der Waals surface area contributed by atoms with Gasteiger partial charge in [0.25, 0.3) is 0 Å². The Balaban J connectivity index is 1.65. The number of para-hydroxylation sites is 1. The predicted molar refractivity (Wildman–Crippen MR) is 90.1 cm³/mol. The Morgan fingerprint density at radius 2 is 2.18 bits per heavy atom. The van der Waals surface area contributed by atoms with Gasteiger partial charge in [0.2, 0.25) is 5.91 Å². The Labute approximate surface area is 132 Å². The molecule has 1 aromatic carbocycles. The molecule has 0 unspecified atom stereocenters. The van der Waals surface area contributed by atoms with Crippen LogP contribution in [-0.4, -0.2) is 15.9 Å². The fourth-order valence-corrected chi connectivity index (χ4v) is 3.63. The number of hydrogen-bond acceptors (Lipinski definition) is 3. The van der Waals surface area contributed by atoms with E-state index in [1.165, 1.54) is 16.7 Å². The molecule has 5 heteroatoms. The van der Waals surface area contributed by atoms with Gasteiger partial charge in [-0.15, -0.1) is 11.3 Å². The van der Waals surface area contributed by atoms with Gasteiger partial charge in [0.1, 0.15) is 0 Å². The number of hydrogen-bond donors (Lipinski definition) is 2. The number of aromatic amines is 1. The van der Waals surface area contributed by atoms with Gasteiger partial charge in [-0.3, -0.25) is 4.79 Å². The summed E-state index contributed by atoms with van der Waals surface area (Å²) in [6.07, 6.45) is 3.17. The molecule has 1 fully saturated rings. The molecule has 2 N–H and O–H groups in total. The van der Waals surface area contributed by atoms with E-state index in [0.717, 1.165) is 41.7 Å². The maximum absolute atomic E-state index is 12.0. The van der Waals surface area contributed by atoms with E-state index in [-0.39, 0.29) is 11.8 Å². The van der Waals surface area contributed by atoms with Crippen LogP contribution in [0.2, 0.25) is 0 Å². The van der Waals surface area contributed by atoms with Crippen LogP contribution in [0, 0.1) is 12.8 Å². The summed E-state index contributed by atoms with van der Waals surface area (Å²) in [5.41, 5.74) is 4.26. The maximum atomic E-state index is 12.0. The molecule has 2 heterocycles. The summed E-state index contributed by atoms with van der Waals surface area (Å²) in [5.74, 6) is 0.296. The van der Waals surface area contributed by atoms with Crippen LogP contribution in [0.15, 0.2) is 29.6 Å². The number of thiazole rings is 1. The fourth-order valence-electron chi connectivity index (χ4n) is 2.93. The summed E-state index contributed by atoms with van der Waals surface area (Å²) in [7, 11) is 0. The topological polar surface area (TPSA) is 57.8 Å². The molecule has 3 aromatic rings. The molecule has 0 radical (unpaired) electrons. The van der Waals surface area contributed by atoms with Crippen molar-refractivity contribution in [2.24, 2.45) is 5.92 Å². The van der Waals surface area contributed by atoms with E-state index in [4.69, 9.17) is 0 Å². The zero-order valence-corrected chi connectivity index (χ0v) is 13.2. The van der Waals surface area contributed by atoms with Gasteiger partial charge in [-0.05, 0) is 25.8 Å². The number of amides is 1. The van der Waals surface area contributed by atoms with Crippen molar-refractivity contribution in [2.75, 3.05) is 5.32 Å². The second-order valence-electron chi connectivity index (χ2n) is 5.83. The molecule has 4 rings (SSSR count). The number of benzene rings is 1. The van der Waals surface area contributed by atoms with E-state index in [1.54, 1.807) is 0 Å². The van der Waals surface area contributed by atoms with Crippen LogP contribution < -0.4 is 5.32 Å². The number of aryl methyl sites for hydroxylation is 1. The lowest BCUT2D eigenvalue weighted by Crippen LogP contribution is -2.27. The van der Waals surface area contributed by atoms with Crippen molar-refractivity contribution < 1.29 is 4.79 Å². The van der Waals surface area contributed by atoms with E-state index in [0.29, 0.717) is 5.13 Å². The Hall–Kier alpha value is -2.14. The number of aromatic nitrogens is 2. The van der Waals surface area contributed by atoms with Gasteiger partial charge in [-0.25, -0.2) is 4.98 Å². The van der Waals surface area contributed by atoms with Gasteiger partial charge in [0.15, 0.2) is 5.13 Å². The van der Waals surface area contributed by atoms with Crippen molar-refractivity contribution in [3.8, 4) is 11.3 Å². The molecular weight excluding hydrogens is 294 g/mol. The van der Waals surface area contributed by atoms with Crippen molar-refractivity contribution in [3.05, 3.63) is 35.3 Å². The number of nitrogens with zero attached hydrogens (tertiary/aromatic N) is 1. The minimum Gasteiger partial charge on any atom is -0.358 e. The highest BCUT2D eigenvalue weighted by atomic mass is 32.1. The van der Waals surface area contributed by atoms with Gasteiger partial charge in [0.05, 0.1) is 5.69 Å². The number of anilines is 1. The molecule has 4 nitrogen and oxygen atoms in total. The molecule has 1 aliphatic rings. The van der Waals surface area contributed by atoms with Gasteiger partial charge in [-0.1, -0.05) is 24.6 Å². The molecule has 1 aliphatic carbocycles. The molecule has 0 aliphatic heterocycles.